The van der Waals surface area contributed by atoms with Crippen LogP contribution in [-0.2, 0) is 0 Å². The zero-order valence-corrected chi connectivity index (χ0v) is 10.8. The second-order valence-electron chi connectivity index (χ2n) is 3.84. The van der Waals surface area contributed by atoms with Crippen molar-refractivity contribution in [3.8, 4) is 0 Å². The van der Waals surface area contributed by atoms with Crippen molar-refractivity contribution in [1.29, 1.82) is 0 Å². The highest BCUT2D eigenvalue weighted by atomic mass is 79.9. The Morgan fingerprint density at radius 1 is 1.18 bits per heavy atom. The van der Waals surface area contributed by atoms with Gasteiger partial charge >= 0.3 is 0 Å². The van der Waals surface area contributed by atoms with Crippen molar-refractivity contribution in [2.24, 2.45) is 5.73 Å². The van der Waals surface area contributed by atoms with Crippen LogP contribution in [0.3, 0.4) is 0 Å². The molecular formula is C13H14BrNO2. The Labute approximate surface area is 108 Å². The summed E-state index contributed by atoms with van der Waals surface area (Å²) in [5.41, 5.74) is 6.75. The van der Waals surface area contributed by atoms with E-state index in [0.29, 0.717) is 17.0 Å². The van der Waals surface area contributed by atoms with Gasteiger partial charge in [-0.3, -0.25) is 0 Å². The molecule has 4 heteroatoms. The Morgan fingerprint density at radius 2 is 1.88 bits per heavy atom. The number of nitrogens with two attached hydrogens (primary N) is 1. The van der Waals surface area contributed by atoms with E-state index >= 15 is 0 Å². The van der Waals surface area contributed by atoms with Crippen LogP contribution in [-0.4, -0.2) is 11.7 Å². The molecule has 17 heavy (non-hydrogen) atoms. The van der Waals surface area contributed by atoms with Gasteiger partial charge < -0.3 is 15.3 Å². The molecule has 2 rings (SSSR count). The first-order valence-corrected chi connectivity index (χ1v) is 6.20. The summed E-state index contributed by atoms with van der Waals surface area (Å²) < 4.78 is 5.97. The molecule has 2 unspecified atom stereocenters. The van der Waals surface area contributed by atoms with Crippen LogP contribution < -0.4 is 5.73 Å². The van der Waals surface area contributed by atoms with E-state index in [0.717, 1.165) is 5.56 Å². The minimum absolute atomic E-state index is 0.158. The van der Waals surface area contributed by atoms with Crippen molar-refractivity contribution in [2.75, 3.05) is 6.54 Å². The van der Waals surface area contributed by atoms with Gasteiger partial charge in [0.15, 0.2) is 4.67 Å². The van der Waals surface area contributed by atoms with E-state index in [-0.39, 0.29) is 5.92 Å². The van der Waals surface area contributed by atoms with Gasteiger partial charge in [-0.15, -0.1) is 0 Å². The summed E-state index contributed by atoms with van der Waals surface area (Å²) in [6, 6.07) is 13.2. The predicted molar refractivity (Wildman–Crippen MR) is 69.6 cm³/mol. The molecule has 0 amide bonds. The molecule has 1 aromatic carbocycles. The molecule has 3 N–H and O–H groups in total. The minimum Gasteiger partial charge on any atom is -0.452 e. The SMILES string of the molecule is NCC(c1ccccc1)C(O)c1ccc(Br)o1. The Hall–Kier alpha value is -1.10. The lowest BCUT2D eigenvalue weighted by Crippen LogP contribution is -2.19. The first-order valence-electron chi connectivity index (χ1n) is 5.40. The number of hydrogen-bond donors (Lipinski definition) is 2. The van der Waals surface area contributed by atoms with Crippen LogP contribution in [0.1, 0.15) is 23.3 Å². The second kappa shape index (κ2) is 5.49. The van der Waals surface area contributed by atoms with Crippen LogP contribution in [0.15, 0.2) is 51.6 Å². The molecule has 0 bridgehead atoms. The smallest absolute Gasteiger partial charge is 0.169 e. The first kappa shape index (κ1) is 12.4. The zero-order chi connectivity index (χ0) is 12.3. The van der Waals surface area contributed by atoms with E-state index in [1.54, 1.807) is 12.1 Å². The number of hydrogen-bond acceptors (Lipinski definition) is 3. The van der Waals surface area contributed by atoms with Crippen LogP contribution in [0, 0.1) is 0 Å². The predicted octanol–water partition coefficient (Wildman–Crippen LogP) is 2.82. The molecule has 0 spiro atoms. The molecule has 2 atom stereocenters. The molecule has 0 aliphatic carbocycles. The van der Waals surface area contributed by atoms with E-state index in [1.165, 1.54) is 0 Å². The van der Waals surface area contributed by atoms with Crippen LogP contribution in [0.5, 0.6) is 0 Å². The van der Waals surface area contributed by atoms with Crippen LogP contribution in [0.4, 0.5) is 0 Å². The largest absolute Gasteiger partial charge is 0.452 e. The topological polar surface area (TPSA) is 59.4 Å². The fourth-order valence-corrected chi connectivity index (χ4v) is 2.15. The maximum atomic E-state index is 10.3. The van der Waals surface area contributed by atoms with Crippen LogP contribution in [0.2, 0.25) is 0 Å². The number of halogens is 1. The normalized spacial score (nSPS) is 14.5. The van der Waals surface area contributed by atoms with Gasteiger partial charge in [-0.25, -0.2) is 0 Å². The van der Waals surface area contributed by atoms with Crippen LogP contribution >= 0.6 is 15.9 Å². The maximum Gasteiger partial charge on any atom is 0.169 e. The molecule has 1 aromatic heterocycles. The molecule has 3 nitrogen and oxygen atoms in total. The Balaban J connectivity index is 2.25. The number of benzene rings is 1. The van der Waals surface area contributed by atoms with Gasteiger partial charge in [-0.1, -0.05) is 30.3 Å². The van der Waals surface area contributed by atoms with Gasteiger partial charge in [-0.2, -0.15) is 0 Å². The van der Waals surface area contributed by atoms with Gasteiger partial charge in [0.1, 0.15) is 11.9 Å². The average Bonchev–Trinajstić information content (AvgIpc) is 2.78. The third-order valence-electron chi connectivity index (χ3n) is 2.75. The van der Waals surface area contributed by atoms with Crippen molar-refractivity contribution in [3.63, 3.8) is 0 Å². The number of rotatable bonds is 4. The van der Waals surface area contributed by atoms with Gasteiger partial charge in [0.05, 0.1) is 0 Å². The van der Waals surface area contributed by atoms with Crippen molar-refractivity contribution in [3.05, 3.63) is 58.5 Å². The monoisotopic (exact) mass is 295 g/mol. The van der Waals surface area contributed by atoms with E-state index < -0.39 is 6.10 Å². The zero-order valence-electron chi connectivity index (χ0n) is 9.21. The van der Waals surface area contributed by atoms with E-state index in [4.69, 9.17) is 10.2 Å². The molecule has 0 aliphatic heterocycles. The standard InChI is InChI=1S/C13H14BrNO2/c14-12-7-6-11(17-12)13(16)10(8-15)9-4-2-1-3-5-9/h1-7,10,13,16H,8,15H2. The third kappa shape index (κ3) is 2.77. The van der Waals surface area contributed by atoms with Crippen molar-refractivity contribution in [1.82, 2.24) is 0 Å². The third-order valence-corrected chi connectivity index (χ3v) is 3.17. The van der Waals surface area contributed by atoms with E-state index in [9.17, 15) is 5.11 Å². The molecule has 1 heterocycles. The summed E-state index contributed by atoms with van der Waals surface area (Å²) in [7, 11) is 0. The van der Waals surface area contributed by atoms with E-state index in [1.807, 2.05) is 30.3 Å². The first-order chi connectivity index (χ1) is 8.22. The lowest BCUT2D eigenvalue weighted by atomic mass is 9.92. The second-order valence-corrected chi connectivity index (χ2v) is 4.62. The Morgan fingerprint density at radius 3 is 2.41 bits per heavy atom. The summed E-state index contributed by atoms with van der Waals surface area (Å²) in [6.45, 7) is 0.365. The van der Waals surface area contributed by atoms with Crippen molar-refractivity contribution < 1.29 is 9.52 Å². The molecule has 2 aromatic rings. The fourth-order valence-electron chi connectivity index (χ4n) is 1.83. The highest BCUT2D eigenvalue weighted by Crippen LogP contribution is 2.31. The Kier molecular flexibility index (Phi) is 3.99. The molecule has 0 fully saturated rings. The summed E-state index contributed by atoms with van der Waals surface area (Å²) in [5.74, 6) is 0.366. The van der Waals surface area contributed by atoms with Gasteiger partial charge in [0, 0.05) is 12.5 Å². The molecular weight excluding hydrogens is 282 g/mol. The molecule has 0 aliphatic rings. The van der Waals surface area contributed by atoms with Gasteiger partial charge in [-0.05, 0) is 33.6 Å². The number of furan rings is 1. The highest BCUT2D eigenvalue weighted by molar-refractivity contribution is 9.10. The maximum absolute atomic E-state index is 10.3. The summed E-state index contributed by atoms with van der Waals surface area (Å²) in [5, 5.41) is 10.3. The molecule has 0 radical (unpaired) electrons. The van der Waals surface area contributed by atoms with Crippen molar-refractivity contribution >= 4 is 15.9 Å². The van der Waals surface area contributed by atoms with Gasteiger partial charge in [0.25, 0.3) is 0 Å². The molecule has 0 saturated heterocycles. The summed E-state index contributed by atoms with van der Waals surface area (Å²) in [4.78, 5) is 0. The average molecular weight is 296 g/mol. The van der Waals surface area contributed by atoms with Crippen molar-refractivity contribution in [2.45, 2.75) is 12.0 Å². The Bertz CT molecular complexity index is 469. The highest BCUT2D eigenvalue weighted by Gasteiger charge is 2.23. The number of aliphatic hydroxyl groups excluding tert-OH is 1. The van der Waals surface area contributed by atoms with Gasteiger partial charge in [0.2, 0.25) is 0 Å². The lowest BCUT2D eigenvalue weighted by Gasteiger charge is -2.20. The lowest BCUT2D eigenvalue weighted by molar-refractivity contribution is 0.120. The number of aliphatic hydroxyl groups is 1. The van der Waals surface area contributed by atoms with E-state index in [2.05, 4.69) is 15.9 Å². The summed E-state index contributed by atoms with van der Waals surface area (Å²) >= 11 is 3.22. The van der Waals surface area contributed by atoms with Crippen LogP contribution in [0.25, 0.3) is 0 Å². The minimum atomic E-state index is -0.728. The summed E-state index contributed by atoms with van der Waals surface area (Å²) in [6.07, 6.45) is -0.728. The molecule has 90 valence electrons. The quantitative estimate of drug-likeness (QED) is 0.912. The molecule has 0 saturated carbocycles. The fraction of sp³-hybridized carbons (Fsp3) is 0.231.